The predicted octanol–water partition coefficient (Wildman–Crippen LogP) is 36.2. The molecule has 14 aliphatic rings. The highest BCUT2D eigenvalue weighted by atomic mass is 14.4. The molecule has 0 N–H and O–H groups in total. The Labute approximate surface area is 625 Å². The van der Waals surface area contributed by atoms with Crippen molar-refractivity contribution in [3.05, 3.63) is 0 Å². The van der Waals surface area contributed by atoms with Crippen molar-refractivity contribution in [3.8, 4) is 0 Å². The molecule has 0 radical (unpaired) electrons. The fourth-order valence-corrected chi connectivity index (χ4v) is 20.5. The Balaban J connectivity index is 0.000000538. The van der Waals surface area contributed by atoms with Gasteiger partial charge in [0.2, 0.25) is 0 Å². The maximum atomic E-state index is 2.17. The van der Waals surface area contributed by atoms with Gasteiger partial charge in [0, 0.05) is 0 Å². The first-order valence-corrected chi connectivity index (χ1v) is 46.5. The summed E-state index contributed by atoms with van der Waals surface area (Å²) in [5, 5.41) is 0. The van der Waals surface area contributed by atoms with Gasteiger partial charge in [0.15, 0.2) is 0 Å². The van der Waals surface area contributed by atoms with Crippen LogP contribution < -0.4 is 0 Å². The summed E-state index contributed by atoms with van der Waals surface area (Å²) in [7, 11) is 0. The summed E-state index contributed by atoms with van der Waals surface area (Å²) >= 11 is 0. The van der Waals surface area contributed by atoms with E-state index >= 15 is 0 Å². The van der Waals surface area contributed by atoms with Crippen molar-refractivity contribution in [3.63, 3.8) is 0 Å². The molecule has 7 spiro atoms. The Bertz CT molecular complexity index is 1260. The summed E-state index contributed by atoms with van der Waals surface area (Å²) in [4.78, 5) is 0. The molecule has 0 amide bonds. The quantitative estimate of drug-likeness (QED) is 0.227. The predicted molar refractivity (Wildman–Crippen MR) is 451 cm³/mol. The van der Waals surface area contributed by atoms with Crippen LogP contribution in [0.3, 0.4) is 0 Å². The molecule has 0 aromatic heterocycles. The SMILES string of the molecule is C1CCC2(CC1)CCCC2.C1CCC2(CC1)CCCC2.C1CCC2(CC1)CCCC2.C1CCC2(CC1)CCCC2.C1CCC2(CC1)CCCC2.C1CCC2(CC1)CCCC2.C1CCC2(CC1)CCCC2.CC(C)C.CC(C)C.CC(C)C.CC(C)C.CC(C)C.CC(C)C.CC(C)C. The van der Waals surface area contributed by atoms with Crippen LogP contribution in [0.15, 0.2) is 0 Å². The summed E-state index contributed by atoms with van der Waals surface area (Å²) in [6, 6.07) is 0. The van der Waals surface area contributed by atoms with Crippen molar-refractivity contribution >= 4 is 0 Å². The first-order chi connectivity index (χ1) is 46.5. The third-order valence-electron chi connectivity index (χ3n) is 25.0. The van der Waals surface area contributed by atoms with E-state index in [0.29, 0.717) is 0 Å². The van der Waals surface area contributed by atoms with Gasteiger partial charge >= 0.3 is 0 Å². The third-order valence-corrected chi connectivity index (χ3v) is 25.0. The summed E-state index contributed by atoms with van der Waals surface area (Å²) in [6.07, 6.45) is 97.1. The summed E-state index contributed by atoms with van der Waals surface area (Å²) in [6.45, 7) is 45.5. The number of rotatable bonds is 0. The standard InChI is InChI=1S/7C10H18.7C4H10/c7*1-2-6-10(7-3-1)8-4-5-9-10;7*1-4(2)3/h7*1-9H2;7*4H,1-3H3. The Morgan fingerprint density at radius 2 is 0.133 bits per heavy atom. The average molecular weight is 1370 g/mol. The second kappa shape index (κ2) is 56.3. The zero-order valence-electron chi connectivity index (χ0n) is 73.1. The monoisotopic (exact) mass is 1370 g/mol. The largest absolute Gasteiger partial charge is 0.0630 e. The Kier molecular flexibility index (Phi) is 55.2. The first-order valence-electron chi connectivity index (χ1n) is 46.5. The summed E-state index contributed by atoms with van der Waals surface area (Å²) in [5.74, 6) is 5.83. The molecule has 14 saturated carbocycles. The Morgan fingerprint density at radius 1 is 0.0918 bits per heavy atom. The van der Waals surface area contributed by atoms with Gasteiger partial charge in [0.05, 0.1) is 0 Å². The van der Waals surface area contributed by atoms with E-state index in [4.69, 9.17) is 0 Å². The summed E-state index contributed by atoms with van der Waals surface area (Å²) in [5.41, 5.74) is 6.11. The van der Waals surface area contributed by atoms with Gasteiger partial charge in [0.1, 0.15) is 0 Å². The molecule has 0 atom stereocenters. The molecule has 0 heteroatoms. The van der Waals surface area contributed by atoms with E-state index in [1.807, 2.05) is 0 Å². The minimum absolute atomic E-state index is 0.833. The van der Waals surface area contributed by atoms with Crippen LogP contribution in [-0.2, 0) is 0 Å². The maximum Gasteiger partial charge on any atom is -0.0297 e. The normalized spacial score (nSPS) is 24.9. The van der Waals surface area contributed by atoms with Crippen molar-refractivity contribution in [2.45, 2.75) is 550 Å². The van der Waals surface area contributed by atoms with Crippen molar-refractivity contribution < 1.29 is 0 Å². The van der Waals surface area contributed by atoms with Gasteiger partial charge < -0.3 is 0 Å². The molecule has 0 heterocycles. The topological polar surface area (TPSA) is 0 Å². The third kappa shape index (κ3) is 49.0. The van der Waals surface area contributed by atoms with Gasteiger partial charge in [-0.25, -0.2) is 0 Å². The van der Waals surface area contributed by atoms with Crippen LogP contribution in [0.4, 0.5) is 0 Å². The van der Waals surface area contributed by atoms with Gasteiger partial charge in [-0.3, -0.25) is 0 Å². The fourth-order valence-electron chi connectivity index (χ4n) is 20.5. The first kappa shape index (κ1) is 96.0. The molecule has 14 aliphatic carbocycles. The lowest BCUT2D eigenvalue weighted by Crippen LogP contribution is -2.19. The fraction of sp³-hybridized carbons (Fsp3) is 1.00. The lowest BCUT2D eigenvalue weighted by Gasteiger charge is -2.32. The van der Waals surface area contributed by atoms with Gasteiger partial charge in [-0.15, -0.1) is 0 Å². The van der Waals surface area contributed by atoms with Crippen molar-refractivity contribution in [2.24, 2.45) is 79.3 Å². The smallest absolute Gasteiger partial charge is 0.0297 e. The molecule has 0 nitrogen and oxygen atoms in total. The molecule has 14 fully saturated rings. The highest BCUT2D eigenvalue weighted by Gasteiger charge is 2.39. The molecule has 0 unspecified atom stereocenters. The van der Waals surface area contributed by atoms with Crippen molar-refractivity contribution in [2.75, 3.05) is 0 Å². The number of hydrogen-bond acceptors (Lipinski definition) is 0. The number of hydrogen-bond donors (Lipinski definition) is 0. The van der Waals surface area contributed by atoms with Gasteiger partial charge in [-0.05, 0) is 259 Å². The maximum absolute atomic E-state index is 2.17. The zero-order valence-corrected chi connectivity index (χ0v) is 73.1. The van der Waals surface area contributed by atoms with E-state index in [0.717, 1.165) is 79.3 Å². The van der Waals surface area contributed by atoms with Crippen LogP contribution in [0.2, 0.25) is 0 Å². The van der Waals surface area contributed by atoms with Gasteiger partial charge in [0.25, 0.3) is 0 Å². The molecule has 0 aromatic rings. The van der Waals surface area contributed by atoms with E-state index < -0.39 is 0 Å². The molecular formula is C98H196. The van der Waals surface area contributed by atoms with Gasteiger partial charge in [-0.1, -0.05) is 370 Å². The van der Waals surface area contributed by atoms with E-state index in [1.165, 1.54) is 225 Å². The van der Waals surface area contributed by atoms with Gasteiger partial charge in [-0.2, -0.15) is 0 Å². The molecule has 98 heavy (non-hydrogen) atoms. The second-order valence-corrected chi connectivity index (χ2v) is 42.0. The van der Waals surface area contributed by atoms with Crippen LogP contribution in [-0.4, -0.2) is 0 Å². The van der Waals surface area contributed by atoms with Crippen LogP contribution in [0.25, 0.3) is 0 Å². The van der Waals surface area contributed by atoms with Crippen LogP contribution in [0.1, 0.15) is 550 Å². The lowest BCUT2D eigenvalue weighted by molar-refractivity contribution is 0.197. The Morgan fingerprint density at radius 3 is 0.184 bits per heavy atom. The van der Waals surface area contributed by atoms with E-state index in [1.54, 1.807) is 180 Å². The lowest BCUT2D eigenvalue weighted by atomic mass is 9.73. The molecule has 0 bridgehead atoms. The molecule has 588 valence electrons. The molecular weight excluding hydrogens is 1180 g/mol. The van der Waals surface area contributed by atoms with Crippen LogP contribution >= 0.6 is 0 Å². The van der Waals surface area contributed by atoms with E-state index in [-0.39, 0.29) is 0 Å². The molecule has 0 aliphatic heterocycles. The Hall–Kier alpha value is 0. The molecule has 14 rings (SSSR count). The average Bonchev–Trinajstić information content (AvgIpc) is 1.76. The van der Waals surface area contributed by atoms with E-state index in [2.05, 4.69) is 145 Å². The zero-order chi connectivity index (χ0) is 73.1. The minimum Gasteiger partial charge on any atom is -0.0630 e. The van der Waals surface area contributed by atoms with Crippen molar-refractivity contribution in [1.82, 2.24) is 0 Å². The minimum atomic E-state index is 0.833. The van der Waals surface area contributed by atoms with E-state index in [9.17, 15) is 0 Å². The van der Waals surface area contributed by atoms with Crippen LogP contribution in [0, 0.1) is 79.3 Å². The molecule has 0 aromatic carbocycles. The van der Waals surface area contributed by atoms with Crippen LogP contribution in [0.5, 0.6) is 0 Å². The highest BCUT2D eigenvalue weighted by molar-refractivity contribution is 4.92. The van der Waals surface area contributed by atoms with Crippen molar-refractivity contribution in [1.29, 1.82) is 0 Å². The second-order valence-electron chi connectivity index (χ2n) is 42.0. The summed E-state index contributed by atoms with van der Waals surface area (Å²) < 4.78 is 0. The molecule has 0 saturated heterocycles. The highest BCUT2D eigenvalue weighted by Crippen LogP contribution is 2.54.